The van der Waals surface area contributed by atoms with E-state index in [2.05, 4.69) is 57.3 Å². The first-order chi connectivity index (χ1) is 10.9. The summed E-state index contributed by atoms with van der Waals surface area (Å²) in [6.07, 6.45) is 5.30. The van der Waals surface area contributed by atoms with Crippen molar-refractivity contribution in [3.63, 3.8) is 0 Å². The topological polar surface area (TPSA) is 43.1 Å². The summed E-state index contributed by atoms with van der Waals surface area (Å²) in [7, 11) is -0.627. The van der Waals surface area contributed by atoms with Gasteiger partial charge in [0, 0.05) is 5.56 Å². The van der Waals surface area contributed by atoms with Gasteiger partial charge in [-0.05, 0) is 54.2 Å². The average Bonchev–Trinajstić information content (AvgIpc) is 2.94. The molecule has 1 amide bonds. The first-order valence-electron chi connectivity index (χ1n) is 7.95. The van der Waals surface area contributed by atoms with E-state index in [1.807, 2.05) is 6.07 Å². The summed E-state index contributed by atoms with van der Waals surface area (Å²) in [6, 6.07) is 8.33. The van der Waals surface area contributed by atoms with Crippen LogP contribution in [-0.4, -0.2) is 14.7 Å². The lowest BCUT2D eigenvalue weighted by Gasteiger charge is -2.21. The van der Waals surface area contributed by atoms with Gasteiger partial charge < -0.3 is 5.73 Å². The largest absolute Gasteiger partial charge is 0.366 e. The second kappa shape index (κ2) is 5.82. The van der Waals surface area contributed by atoms with Crippen molar-refractivity contribution in [3.8, 4) is 11.1 Å². The molecule has 0 fully saturated rings. The van der Waals surface area contributed by atoms with Crippen LogP contribution in [-0.2, 0) is 6.42 Å². The monoisotopic (exact) mass is 320 g/mol. The highest BCUT2D eigenvalue weighted by Crippen LogP contribution is 2.35. The standard InChI is InChI=1S/C20H22NOSi/c1-12-11-17(20(21)22)18(13(2)19(12)23(3)4)16-10-6-8-14-7-5-9-15(14)16/h5-6,8-11H,7H2,1-4H3,(H2,21,22). The fraction of sp³-hybridized carbons (Fsp3) is 0.250. The van der Waals surface area contributed by atoms with E-state index in [1.54, 1.807) is 0 Å². The van der Waals surface area contributed by atoms with Crippen LogP contribution in [0.4, 0.5) is 0 Å². The third kappa shape index (κ3) is 2.55. The van der Waals surface area contributed by atoms with Gasteiger partial charge in [-0.2, -0.15) is 0 Å². The summed E-state index contributed by atoms with van der Waals surface area (Å²) in [6.45, 7) is 8.82. The van der Waals surface area contributed by atoms with Crippen molar-refractivity contribution in [2.45, 2.75) is 33.4 Å². The molecule has 0 heterocycles. The van der Waals surface area contributed by atoms with Crippen molar-refractivity contribution in [1.82, 2.24) is 0 Å². The first kappa shape index (κ1) is 15.8. The van der Waals surface area contributed by atoms with Gasteiger partial charge in [-0.25, -0.2) is 0 Å². The van der Waals surface area contributed by atoms with Gasteiger partial charge in [-0.1, -0.05) is 54.2 Å². The SMILES string of the molecule is Cc1cc(C(N)=O)c(-c2cccc3c2C=CC3)c(C)c1[Si](C)C. The molecule has 3 heteroatoms. The maximum absolute atomic E-state index is 12.1. The Bertz CT molecular complexity index is 834. The van der Waals surface area contributed by atoms with Gasteiger partial charge in [0.15, 0.2) is 0 Å². The highest BCUT2D eigenvalue weighted by Gasteiger charge is 2.22. The second-order valence-electron chi connectivity index (χ2n) is 6.47. The zero-order valence-electron chi connectivity index (χ0n) is 14.2. The zero-order chi connectivity index (χ0) is 16.7. The Balaban J connectivity index is 2.39. The molecule has 2 nitrogen and oxygen atoms in total. The van der Waals surface area contributed by atoms with Crippen molar-refractivity contribution >= 4 is 26.0 Å². The van der Waals surface area contributed by atoms with Crippen LogP contribution in [0.5, 0.6) is 0 Å². The lowest BCUT2D eigenvalue weighted by atomic mass is 9.89. The van der Waals surface area contributed by atoms with E-state index in [0.29, 0.717) is 5.56 Å². The highest BCUT2D eigenvalue weighted by molar-refractivity contribution is 6.71. The molecule has 2 aromatic carbocycles. The molecule has 1 aliphatic carbocycles. The third-order valence-electron chi connectivity index (χ3n) is 4.63. The molecule has 2 aromatic rings. The maximum Gasteiger partial charge on any atom is 0.249 e. The van der Waals surface area contributed by atoms with Gasteiger partial charge in [0.25, 0.3) is 0 Å². The van der Waals surface area contributed by atoms with E-state index in [-0.39, 0.29) is 5.91 Å². The number of hydrogen-bond acceptors (Lipinski definition) is 1. The van der Waals surface area contributed by atoms with Crippen LogP contribution in [0.15, 0.2) is 30.3 Å². The van der Waals surface area contributed by atoms with Crippen LogP contribution in [0.25, 0.3) is 17.2 Å². The van der Waals surface area contributed by atoms with E-state index in [4.69, 9.17) is 5.73 Å². The molecule has 0 unspecified atom stereocenters. The Kier molecular flexibility index (Phi) is 3.98. The summed E-state index contributed by atoms with van der Waals surface area (Å²) >= 11 is 0. The average molecular weight is 320 g/mol. The smallest absolute Gasteiger partial charge is 0.249 e. The van der Waals surface area contributed by atoms with Crippen LogP contribution in [0.1, 0.15) is 32.6 Å². The summed E-state index contributed by atoms with van der Waals surface area (Å²) in [4.78, 5) is 12.1. The molecule has 23 heavy (non-hydrogen) atoms. The molecule has 0 atom stereocenters. The number of aryl methyl sites for hydroxylation is 1. The van der Waals surface area contributed by atoms with Gasteiger partial charge >= 0.3 is 0 Å². The van der Waals surface area contributed by atoms with Gasteiger partial charge in [0.05, 0.1) is 8.80 Å². The zero-order valence-corrected chi connectivity index (χ0v) is 15.2. The molecule has 117 valence electrons. The van der Waals surface area contributed by atoms with Crippen molar-refractivity contribution in [2.24, 2.45) is 5.73 Å². The third-order valence-corrected chi connectivity index (χ3v) is 6.40. The molecular formula is C20H22NOSi. The summed E-state index contributed by atoms with van der Waals surface area (Å²) in [5, 5.41) is 1.41. The summed E-state index contributed by atoms with van der Waals surface area (Å²) in [5.41, 5.74) is 13.4. The Morgan fingerprint density at radius 2 is 1.96 bits per heavy atom. The molecule has 1 aliphatic rings. The van der Waals surface area contributed by atoms with Gasteiger partial charge in [0.1, 0.15) is 0 Å². The Morgan fingerprint density at radius 3 is 2.61 bits per heavy atom. The molecular weight excluding hydrogens is 298 g/mol. The minimum absolute atomic E-state index is 0.349. The normalized spacial score (nSPS) is 12.7. The van der Waals surface area contributed by atoms with E-state index >= 15 is 0 Å². The van der Waals surface area contributed by atoms with E-state index in [0.717, 1.165) is 17.5 Å². The number of nitrogens with two attached hydrogens (primary N) is 1. The minimum Gasteiger partial charge on any atom is -0.366 e. The fourth-order valence-electron chi connectivity index (χ4n) is 3.80. The lowest BCUT2D eigenvalue weighted by molar-refractivity contribution is 0.100. The highest BCUT2D eigenvalue weighted by atomic mass is 28.3. The van der Waals surface area contributed by atoms with Crippen LogP contribution in [0, 0.1) is 13.8 Å². The molecule has 0 aliphatic heterocycles. The number of fused-ring (bicyclic) bond motifs is 1. The quantitative estimate of drug-likeness (QED) is 0.863. The fourth-order valence-corrected chi connectivity index (χ4v) is 5.54. The molecule has 0 bridgehead atoms. The number of benzene rings is 2. The Morgan fingerprint density at radius 1 is 1.22 bits per heavy atom. The maximum atomic E-state index is 12.1. The number of carbonyl (C=O) groups is 1. The van der Waals surface area contributed by atoms with Crippen LogP contribution >= 0.6 is 0 Å². The Labute approximate surface area is 139 Å². The molecule has 0 saturated heterocycles. The molecule has 2 N–H and O–H groups in total. The number of amides is 1. The van der Waals surface area contributed by atoms with E-state index in [1.165, 1.54) is 27.4 Å². The molecule has 3 rings (SSSR count). The van der Waals surface area contributed by atoms with E-state index in [9.17, 15) is 4.79 Å². The number of primary amides is 1. The number of hydrogen-bond donors (Lipinski definition) is 1. The van der Waals surface area contributed by atoms with E-state index < -0.39 is 8.80 Å². The number of allylic oxidation sites excluding steroid dienone is 1. The molecule has 0 aromatic heterocycles. The number of carbonyl (C=O) groups excluding carboxylic acids is 1. The van der Waals surface area contributed by atoms with Crippen molar-refractivity contribution in [1.29, 1.82) is 0 Å². The first-order valence-corrected chi connectivity index (χ1v) is 10.4. The van der Waals surface area contributed by atoms with Crippen LogP contribution in [0.3, 0.4) is 0 Å². The van der Waals surface area contributed by atoms with Crippen LogP contribution in [0.2, 0.25) is 13.1 Å². The van der Waals surface area contributed by atoms with Gasteiger partial charge in [-0.3, -0.25) is 4.79 Å². The van der Waals surface area contributed by atoms with Gasteiger partial charge in [0.2, 0.25) is 5.91 Å². The minimum atomic E-state index is -0.627. The predicted octanol–water partition coefficient (Wildman–Crippen LogP) is 3.60. The van der Waals surface area contributed by atoms with Crippen LogP contribution < -0.4 is 10.9 Å². The molecule has 0 spiro atoms. The van der Waals surface area contributed by atoms with Crippen molar-refractivity contribution < 1.29 is 4.79 Å². The summed E-state index contributed by atoms with van der Waals surface area (Å²) < 4.78 is 0. The predicted molar refractivity (Wildman–Crippen MR) is 99.7 cm³/mol. The second-order valence-corrected chi connectivity index (χ2v) is 8.97. The summed E-state index contributed by atoms with van der Waals surface area (Å²) in [5.74, 6) is -0.349. The number of rotatable bonds is 3. The Hall–Kier alpha value is -2.13. The van der Waals surface area contributed by atoms with Crippen molar-refractivity contribution in [3.05, 3.63) is 58.2 Å². The molecule has 1 radical (unpaired) electrons. The molecule has 0 saturated carbocycles. The van der Waals surface area contributed by atoms with Crippen molar-refractivity contribution in [2.75, 3.05) is 0 Å². The van der Waals surface area contributed by atoms with Gasteiger partial charge in [-0.15, -0.1) is 0 Å². The lowest BCUT2D eigenvalue weighted by Crippen LogP contribution is -2.30.